The Hall–Kier alpha value is -2.40. The fourth-order valence-electron chi connectivity index (χ4n) is 2.46. The zero-order chi connectivity index (χ0) is 16.1. The molecule has 0 saturated heterocycles. The number of rotatable bonds is 6. The Labute approximate surface area is 130 Å². The van der Waals surface area contributed by atoms with Crippen LogP contribution in [0.4, 0.5) is 5.69 Å². The molecule has 0 aliphatic rings. The lowest BCUT2D eigenvalue weighted by molar-refractivity contribution is 0.394. The zero-order valence-corrected chi connectivity index (χ0v) is 13.1. The molecule has 0 radical (unpaired) electrons. The summed E-state index contributed by atoms with van der Waals surface area (Å²) in [6, 6.07) is 12.6. The van der Waals surface area contributed by atoms with E-state index in [-0.39, 0.29) is 11.8 Å². The first kappa shape index (κ1) is 16.0. The zero-order valence-electron chi connectivity index (χ0n) is 13.1. The number of aromatic hydroxyl groups is 1. The van der Waals surface area contributed by atoms with Crippen molar-refractivity contribution in [2.45, 2.75) is 6.04 Å². The molecule has 2 rings (SSSR count). The minimum absolute atomic E-state index is 0.0745. The average Bonchev–Trinajstić information content (AvgIpc) is 2.56. The standard InChI is InChI=1S/C17H22N2O3/c1-19(12-4-6-13(20)7-5-12)16(11-18)15-10-14(21-2)8-9-17(15)22-3/h4-10,16,20H,11,18H2,1-3H3. The van der Waals surface area contributed by atoms with E-state index in [0.717, 1.165) is 22.7 Å². The minimum atomic E-state index is -0.0745. The molecule has 22 heavy (non-hydrogen) atoms. The van der Waals surface area contributed by atoms with Gasteiger partial charge < -0.3 is 25.2 Å². The highest BCUT2D eigenvalue weighted by Crippen LogP contribution is 2.34. The SMILES string of the molecule is COc1ccc(OC)c(C(CN)N(C)c2ccc(O)cc2)c1. The number of methoxy groups -OCH3 is 2. The van der Waals surface area contributed by atoms with Crippen LogP contribution in [0.1, 0.15) is 11.6 Å². The van der Waals surface area contributed by atoms with E-state index in [1.54, 1.807) is 26.4 Å². The summed E-state index contributed by atoms with van der Waals surface area (Å²) in [6.45, 7) is 0.418. The lowest BCUT2D eigenvalue weighted by Crippen LogP contribution is -2.30. The van der Waals surface area contributed by atoms with Crippen LogP contribution in [0.3, 0.4) is 0 Å². The smallest absolute Gasteiger partial charge is 0.124 e. The molecule has 0 aliphatic carbocycles. The van der Waals surface area contributed by atoms with Crippen molar-refractivity contribution in [3.63, 3.8) is 0 Å². The van der Waals surface area contributed by atoms with Crippen LogP contribution < -0.4 is 20.1 Å². The van der Waals surface area contributed by atoms with Crippen LogP contribution in [0.15, 0.2) is 42.5 Å². The molecule has 0 bridgehead atoms. The van der Waals surface area contributed by atoms with Crippen LogP contribution in [0.5, 0.6) is 17.2 Å². The van der Waals surface area contributed by atoms with Gasteiger partial charge in [-0.25, -0.2) is 0 Å². The molecule has 0 heterocycles. The molecule has 0 aliphatic heterocycles. The van der Waals surface area contributed by atoms with Crippen LogP contribution in [-0.4, -0.2) is 32.9 Å². The van der Waals surface area contributed by atoms with Gasteiger partial charge in [0.15, 0.2) is 0 Å². The third-order valence-corrected chi connectivity index (χ3v) is 3.74. The molecule has 0 saturated carbocycles. The Bertz CT molecular complexity index is 614. The maximum atomic E-state index is 9.42. The Kier molecular flexibility index (Phi) is 5.12. The Balaban J connectivity index is 2.40. The molecule has 5 nitrogen and oxygen atoms in total. The molecule has 2 aromatic carbocycles. The maximum absolute atomic E-state index is 9.42. The molecular weight excluding hydrogens is 280 g/mol. The van der Waals surface area contributed by atoms with Crippen molar-refractivity contribution in [1.82, 2.24) is 0 Å². The van der Waals surface area contributed by atoms with Crippen molar-refractivity contribution < 1.29 is 14.6 Å². The maximum Gasteiger partial charge on any atom is 0.124 e. The van der Waals surface area contributed by atoms with Gasteiger partial charge in [0.1, 0.15) is 17.2 Å². The molecule has 5 heteroatoms. The fraction of sp³-hybridized carbons (Fsp3) is 0.294. The van der Waals surface area contributed by atoms with Crippen molar-refractivity contribution in [2.24, 2.45) is 5.73 Å². The number of phenolic OH excluding ortho intramolecular Hbond substituents is 1. The molecule has 0 fully saturated rings. The van der Waals surface area contributed by atoms with Gasteiger partial charge in [0.25, 0.3) is 0 Å². The van der Waals surface area contributed by atoms with Gasteiger partial charge in [-0.3, -0.25) is 0 Å². The van der Waals surface area contributed by atoms with Crippen LogP contribution in [0, 0.1) is 0 Å². The average molecular weight is 302 g/mol. The number of benzene rings is 2. The second-order valence-electron chi connectivity index (χ2n) is 4.99. The van der Waals surface area contributed by atoms with E-state index in [4.69, 9.17) is 15.2 Å². The summed E-state index contributed by atoms with van der Waals surface area (Å²) in [5.74, 6) is 1.76. The first-order valence-electron chi connectivity index (χ1n) is 7.04. The van der Waals surface area contributed by atoms with Gasteiger partial charge >= 0.3 is 0 Å². The van der Waals surface area contributed by atoms with Gasteiger partial charge in [0.05, 0.1) is 20.3 Å². The number of nitrogens with two attached hydrogens (primary N) is 1. The Morgan fingerprint density at radius 1 is 1.09 bits per heavy atom. The third kappa shape index (κ3) is 3.26. The first-order valence-corrected chi connectivity index (χ1v) is 7.04. The number of ether oxygens (including phenoxy) is 2. The lowest BCUT2D eigenvalue weighted by atomic mass is 10.0. The number of anilines is 1. The monoisotopic (exact) mass is 302 g/mol. The van der Waals surface area contributed by atoms with E-state index in [9.17, 15) is 5.11 Å². The molecule has 3 N–H and O–H groups in total. The Morgan fingerprint density at radius 3 is 2.32 bits per heavy atom. The number of hydrogen-bond acceptors (Lipinski definition) is 5. The second-order valence-corrected chi connectivity index (χ2v) is 4.99. The van der Waals surface area contributed by atoms with Gasteiger partial charge in [-0.05, 0) is 42.5 Å². The summed E-state index contributed by atoms with van der Waals surface area (Å²) >= 11 is 0. The molecule has 0 spiro atoms. The van der Waals surface area contributed by atoms with E-state index in [1.807, 2.05) is 37.4 Å². The molecule has 0 aromatic heterocycles. The molecule has 2 aromatic rings. The van der Waals surface area contributed by atoms with Crippen LogP contribution >= 0.6 is 0 Å². The summed E-state index contributed by atoms with van der Waals surface area (Å²) < 4.78 is 10.8. The highest BCUT2D eigenvalue weighted by molar-refractivity contribution is 5.53. The summed E-state index contributed by atoms with van der Waals surface area (Å²) in [6.07, 6.45) is 0. The predicted octanol–water partition coefficient (Wildman–Crippen LogP) is 2.55. The Morgan fingerprint density at radius 2 is 1.77 bits per heavy atom. The molecule has 0 amide bonds. The van der Waals surface area contributed by atoms with Crippen LogP contribution in [0.25, 0.3) is 0 Å². The fourth-order valence-corrected chi connectivity index (χ4v) is 2.46. The number of hydrogen-bond donors (Lipinski definition) is 2. The molecule has 1 unspecified atom stereocenters. The van der Waals surface area contributed by atoms with Gasteiger partial charge in [-0.15, -0.1) is 0 Å². The quantitative estimate of drug-likeness (QED) is 0.858. The van der Waals surface area contributed by atoms with Crippen molar-refractivity contribution in [3.05, 3.63) is 48.0 Å². The summed E-state index contributed by atoms with van der Waals surface area (Å²) in [5.41, 5.74) is 7.92. The highest BCUT2D eigenvalue weighted by atomic mass is 16.5. The van der Waals surface area contributed by atoms with Crippen molar-refractivity contribution in [1.29, 1.82) is 0 Å². The molecule has 118 valence electrons. The summed E-state index contributed by atoms with van der Waals surface area (Å²) in [4.78, 5) is 2.05. The van der Waals surface area contributed by atoms with E-state index >= 15 is 0 Å². The summed E-state index contributed by atoms with van der Waals surface area (Å²) in [5, 5.41) is 9.42. The van der Waals surface area contributed by atoms with Crippen LogP contribution in [-0.2, 0) is 0 Å². The third-order valence-electron chi connectivity index (χ3n) is 3.74. The summed E-state index contributed by atoms with van der Waals surface area (Å²) in [7, 11) is 5.23. The van der Waals surface area contributed by atoms with Crippen molar-refractivity contribution in [3.8, 4) is 17.2 Å². The number of likely N-dealkylation sites (N-methyl/N-ethyl adjacent to an activating group) is 1. The van der Waals surface area contributed by atoms with Crippen LogP contribution in [0.2, 0.25) is 0 Å². The van der Waals surface area contributed by atoms with E-state index in [0.29, 0.717) is 6.54 Å². The van der Waals surface area contributed by atoms with E-state index in [2.05, 4.69) is 4.90 Å². The van der Waals surface area contributed by atoms with Gasteiger partial charge in [-0.1, -0.05) is 0 Å². The van der Waals surface area contributed by atoms with E-state index < -0.39 is 0 Å². The van der Waals surface area contributed by atoms with Gasteiger partial charge in [0.2, 0.25) is 0 Å². The van der Waals surface area contributed by atoms with Gasteiger partial charge in [-0.2, -0.15) is 0 Å². The predicted molar refractivity (Wildman–Crippen MR) is 87.9 cm³/mol. The number of phenols is 1. The lowest BCUT2D eigenvalue weighted by Gasteiger charge is -2.30. The minimum Gasteiger partial charge on any atom is -0.508 e. The van der Waals surface area contributed by atoms with Gasteiger partial charge in [0, 0.05) is 24.8 Å². The molecule has 1 atom stereocenters. The largest absolute Gasteiger partial charge is 0.508 e. The van der Waals surface area contributed by atoms with Crippen molar-refractivity contribution >= 4 is 5.69 Å². The topological polar surface area (TPSA) is 68.0 Å². The number of nitrogens with zero attached hydrogens (tertiary/aromatic N) is 1. The normalized spacial score (nSPS) is 11.8. The first-order chi connectivity index (χ1) is 10.6. The van der Waals surface area contributed by atoms with E-state index in [1.165, 1.54) is 0 Å². The molecular formula is C17H22N2O3. The highest BCUT2D eigenvalue weighted by Gasteiger charge is 2.20. The second kappa shape index (κ2) is 7.04. The van der Waals surface area contributed by atoms with Crippen molar-refractivity contribution in [2.75, 3.05) is 32.7 Å².